The van der Waals surface area contributed by atoms with E-state index in [2.05, 4.69) is 20.4 Å². The number of ether oxygens (including phenoxy) is 1. The van der Waals surface area contributed by atoms with Crippen LogP contribution in [0.4, 0.5) is 0 Å². The Hall–Kier alpha value is -1.92. The Kier molecular flexibility index (Phi) is 3.98. The van der Waals surface area contributed by atoms with Crippen LogP contribution >= 0.6 is 0 Å². The predicted octanol–water partition coefficient (Wildman–Crippen LogP) is -0.503. The Morgan fingerprint density at radius 3 is 2.75 bits per heavy atom. The van der Waals surface area contributed by atoms with E-state index in [0.717, 1.165) is 0 Å². The fraction of sp³-hybridized carbons (Fsp3) is 0.556. The van der Waals surface area contributed by atoms with Crippen molar-refractivity contribution in [1.82, 2.24) is 20.3 Å². The van der Waals surface area contributed by atoms with Gasteiger partial charge in [-0.05, 0) is 6.42 Å². The molecule has 1 atom stereocenters. The molecule has 0 spiro atoms. The molecule has 16 heavy (non-hydrogen) atoms. The minimum atomic E-state index is -0.653. The first-order valence-corrected chi connectivity index (χ1v) is 4.83. The topological polar surface area (TPSA) is 86.1 Å². The molecule has 0 aliphatic rings. The fourth-order valence-corrected chi connectivity index (χ4v) is 1.15. The van der Waals surface area contributed by atoms with Gasteiger partial charge in [0.1, 0.15) is 6.04 Å². The maximum Gasteiger partial charge on any atom is 0.328 e. The Morgan fingerprint density at radius 1 is 1.62 bits per heavy atom. The van der Waals surface area contributed by atoms with Gasteiger partial charge in [0.05, 0.1) is 13.3 Å². The van der Waals surface area contributed by atoms with Crippen molar-refractivity contribution in [2.45, 2.75) is 19.4 Å². The van der Waals surface area contributed by atoms with E-state index in [1.54, 1.807) is 14.0 Å². The zero-order valence-corrected chi connectivity index (χ0v) is 9.43. The van der Waals surface area contributed by atoms with Crippen LogP contribution in [0.3, 0.4) is 0 Å². The number of carbonyl (C=O) groups is 2. The third-order valence-electron chi connectivity index (χ3n) is 2.03. The number of aromatic nitrogens is 3. The number of amides is 1. The normalized spacial score (nSPS) is 11.9. The van der Waals surface area contributed by atoms with Gasteiger partial charge in [-0.3, -0.25) is 9.48 Å². The number of nitrogens with one attached hydrogen (secondary N) is 1. The third kappa shape index (κ3) is 2.78. The second-order valence-corrected chi connectivity index (χ2v) is 3.23. The summed E-state index contributed by atoms with van der Waals surface area (Å²) in [6, 6.07) is -0.653. The highest BCUT2D eigenvalue weighted by Crippen LogP contribution is 1.97. The first-order chi connectivity index (χ1) is 7.58. The lowest BCUT2D eigenvalue weighted by atomic mass is 10.2. The van der Waals surface area contributed by atoms with Crippen LogP contribution in [-0.2, 0) is 16.6 Å². The molecular weight excluding hydrogens is 212 g/mol. The number of esters is 1. The highest BCUT2D eigenvalue weighted by molar-refractivity contribution is 5.94. The monoisotopic (exact) mass is 226 g/mol. The van der Waals surface area contributed by atoms with E-state index in [1.807, 2.05) is 0 Å². The Bertz CT molecular complexity index is 388. The molecule has 1 heterocycles. The highest BCUT2D eigenvalue weighted by atomic mass is 16.5. The molecule has 7 heteroatoms. The third-order valence-corrected chi connectivity index (χ3v) is 2.03. The van der Waals surface area contributed by atoms with Gasteiger partial charge in [0, 0.05) is 7.05 Å². The summed E-state index contributed by atoms with van der Waals surface area (Å²) in [4.78, 5) is 22.8. The largest absolute Gasteiger partial charge is 0.467 e. The summed E-state index contributed by atoms with van der Waals surface area (Å²) in [6.07, 6.45) is 1.93. The number of rotatable bonds is 4. The van der Waals surface area contributed by atoms with Gasteiger partial charge in [-0.1, -0.05) is 12.1 Å². The van der Waals surface area contributed by atoms with Crippen LogP contribution in [0.1, 0.15) is 23.8 Å². The lowest BCUT2D eigenvalue weighted by molar-refractivity contribution is -0.142. The molecule has 0 fully saturated rings. The lowest BCUT2D eigenvalue weighted by Crippen LogP contribution is -2.41. The molecule has 0 saturated carbocycles. The number of carbonyl (C=O) groups excluding carboxylic acids is 2. The molecule has 1 N–H and O–H groups in total. The highest BCUT2D eigenvalue weighted by Gasteiger charge is 2.21. The van der Waals surface area contributed by atoms with Crippen molar-refractivity contribution in [1.29, 1.82) is 0 Å². The average molecular weight is 226 g/mol. The average Bonchev–Trinajstić information content (AvgIpc) is 2.71. The standard InChI is InChI=1S/C9H14N4O3/c1-4-6(9(15)16-3)10-8(14)7-5-13(2)12-11-7/h5-6H,4H2,1-3H3,(H,10,14). The van der Waals surface area contributed by atoms with E-state index in [0.29, 0.717) is 6.42 Å². The molecule has 0 radical (unpaired) electrons. The van der Waals surface area contributed by atoms with Gasteiger partial charge in [0.25, 0.3) is 5.91 Å². The van der Waals surface area contributed by atoms with Crippen molar-refractivity contribution < 1.29 is 14.3 Å². The maximum atomic E-state index is 11.6. The summed E-state index contributed by atoms with van der Waals surface area (Å²) in [5.41, 5.74) is 0.171. The fourth-order valence-electron chi connectivity index (χ4n) is 1.15. The SMILES string of the molecule is CCC(NC(=O)c1cn(C)nn1)C(=O)OC. The van der Waals surface area contributed by atoms with Crippen LogP contribution < -0.4 is 5.32 Å². The minimum Gasteiger partial charge on any atom is -0.467 e. The molecule has 0 aromatic carbocycles. The van der Waals surface area contributed by atoms with Gasteiger partial charge >= 0.3 is 5.97 Å². The minimum absolute atomic E-state index is 0.171. The van der Waals surface area contributed by atoms with Crippen molar-refractivity contribution in [3.63, 3.8) is 0 Å². The van der Waals surface area contributed by atoms with Crippen LogP contribution in [0.15, 0.2) is 6.20 Å². The Labute approximate surface area is 92.8 Å². The summed E-state index contributed by atoms with van der Waals surface area (Å²) >= 11 is 0. The van der Waals surface area contributed by atoms with Crippen molar-refractivity contribution in [2.75, 3.05) is 7.11 Å². The van der Waals surface area contributed by atoms with E-state index < -0.39 is 17.9 Å². The molecule has 0 aliphatic heterocycles. The predicted molar refractivity (Wildman–Crippen MR) is 54.6 cm³/mol. The summed E-state index contributed by atoms with van der Waals surface area (Å²) < 4.78 is 5.96. The van der Waals surface area contributed by atoms with Crippen molar-refractivity contribution in [3.05, 3.63) is 11.9 Å². The van der Waals surface area contributed by atoms with Gasteiger partial charge < -0.3 is 10.1 Å². The zero-order valence-electron chi connectivity index (χ0n) is 9.43. The summed E-state index contributed by atoms with van der Waals surface area (Å²) in [6.45, 7) is 1.78. The molecule has 1 unspecified atom stereocenters. The number of methoxy groups -OCH3 is 1. The molecule has 7 nitrogen and oxygen atoms in total. The molecule has 1 rings (SSSR count). The van der Waals surface area contributed by atoms with Crippen LogP contribution in [-0.4, -0.2) is 40.0 Å². The van der Waals surface area contributed by atoms with Crippen molar-refractivity contribution in [3.8, 4) is 0 Å². The van der Waals surface area contributed by atoms with Crippen LogP contribution in [0, 0.1) is 0 Å². The molecule has 1 aromatic rings. The first kappa shape index (κ1) is 12.2. The molecule has 0 aliphatic carbocycles. The molecule has 0 bridgehead atoms. The summed E-state index contributed by atoms with van der Waals surface area (Å²) in [7, 11) is 2.93. The number of aryl methyl sites for hydroxylation is 1. The van der Waals surface area contributed by atoms with Gasteiger partial charge in [-0.2, -0.15) is 0 Å². The Morgan fingerprint density at radius 2 is 2.31 bits per heavy atom. The van der Waals surface area contributed by atoms with Gasteiger partial charge in [0.15, 0.2) is 5.69 Å². The maximum absolute atomic E-state index is 11.6. The van der Waals surface area contributed by atoms with E-state index in [1.165, 1.54) is 18.0 Å². The van der Waals surface area contributed by atoms with Gasteiger partial charge in [-0.15, -0.1) is 5.10 Å². The Balaban J connectivity index is 2.66. The first-order valence-electron chi connectivity index (χ1n) is 4.83. The second-order valence-electron chi connectivity index (χ2n) is 3.23. The second kappa shape index (κ2) is 5.24. The van der Waals surface area contributed by atoms with E-state index in [-0.39, 0.29) is 5.69 Å². The molecule has 1 amide bonds. The van der Waals surface area contributed by atoms with Crippen LogP contribution in [0.5, 0.6) is 0 Å². The lowest BCUT2D eigenvalue weighted by Gasteiger charge is -2.12. The van der Waals surface area contributed by atoms with E-state index in [4.69, 9.17) is 0 Å². The molecule has 1 aromatic heterocycles. The number of hydrogen-bond acceptors (Lipinski definition) is 5. The summed E-state index contributed by atoms with van der Waals surface area (Å²) in [5, 5.41) is 9.78. The van der Waals surface area contributed by atoms with Crippen molar-refractivity contribution in [2.24, 2.45) is 7.05 Å². The quantitative estimate of drug-likeness (QED) is 0.699. The van der Waals surface area contributed by atoms with Gasteiger partial charge in [-0.25, -0.2) is 4.79 Å². The van der Waals surface area contributed by atoms with Crippen LogP contribution in [0.2, 0.25) is 0 Å². The molecule has 88 valence electrons. The molecule has 0 saturated heterocycles. The van der Waals surface area contributed by atoms with Crippen LogP contribution in [0.25, 0.3) is 0 Å². The zero-order chi connectivity index (χ0) is 12.1. The van der Waals surface area contributed by atoms with E-state index >= 15 is 0 Å². The van der Waals surface area contributed by atoms with Gasteiger partial charge in [0.2, 0.25) is 0 Å². The smallest absolute Gasteiger partial charge is 0.328 e. The molecular formula is C9H14N4O3. The van der Waals surface area contributed by atoms with Crippen molar-refractivity contribution >= 4 is 11.9 Å². The van der Waals surface area contributed by atoms with E-state index in [9.17, 15) is 9.59 Å². The number of hydrogen-bond donors (Lipinski definition) is 1. The number of nitrogens with zero attached hydrogens (tertiary/aromatic N) is 3. The summed E-state index contributed by atoms with van der Waals surface area (Å²) in [5.74, 6) is -0.912.